The molecule has 0 heterocycles. The average Bonchev–Trinajstić information content (AvgIpc) is 0.776. The summed E-state index contributed by atoms with van der Waals surface area (Å²) in [6.45, 7) is 106. The van der Waals surface area contributed by atoms with Gasteiger partial charge in [0.25, 0.3) is 0 Å². The van der Waals surface area contributed by atoms with Crippen LogP contribution in [0.4, 0.5) is 0 Å². The number of hydrogen-bond donors (Lipinski definition) is 0. The summed E-state index contributed by atoms with van der Waals surface area (Å²) in [6, 6.07) is 74.3. The third-order valence-corrected chi connectivity index (χ3v) is 90.3. The lowest BCUT2D eigenvalue weighted by Gasteiger charge is -2.43. The zero-order valence-corrected chi connectivity index (χ0v) is 105. The van der Waals surface area contributed by atoms with Gasteiger partial charge in [-0.1, -0.05) is 501 Å². The van der Waals surface area contributed by atoms with Crippen molar-refractivity contribution in [3.05, 3.63) is 235 Å². The molecule has 0 unspecified atom stereocenters. The molecular weight excluding hydrogens is 1770 g/mol. The van der Waals surface area contributed by atoms with Crippen molar-refractivity contribution in [2.24, 2.45) is 0 Å². The molecule has 6 aromatic carbocycles. The Morgan fingerprint density at radius 1 is 0.230 bits per heavy atom. The lowest BCUT2D eigenvalue weighted by Crippen LogP contribution is -2.59. The van der Waals surface area contributed by atoms with Crippen LogP contribution in [0.3, 0.4) is 0 Å². The molecule has 0 aliphatic rings. The largest absolute Gasteiger partial charge is 0.348 e. The fourth-order valence-corrected chi connectivity index (χ4v) is 80.5. The van der Waals surface area contributed by atoms with Gasteiger partial charge in [-0.05, 0) is 157 Å². The molecule has 0 amide bonds. The first-order valence-electron chi connectivity index (χ1n) is 47.8. The van der Waals surface area contributed by atoms with Crippen molar-refractivity contribution in [2.45, 2.75) is 307 Å². The van der Waals surface area contributed by atoms with Gasteiger partial charge in [0, 0.05) is 0 Å². The molecule has 0 atom stereocenters. The molecule has 0 saturated heterocycles. The van der Waals surface area contributed by atoms with Gasteiger partial charge in [-0.3, -0.25) is 0 Å². The molecule has 126 heavy (non-hydrogen) atoms. The van der Waals surface area contributed by atoms with Crippen LogP contribution in [0.25, 0.3) is 36.5 Å². The summed E-state index contributed by atoms with van der Waals surface area (Å²) >= 11 is 0. The first kappa shape index (κ1) is 121. The minimum Gasteiger partial charge on any atom is -0.348 e. The van der Waals surface area contributed by atoms with E-state index in [4.69, 9.17) is 0 Å². The lowest BCUT2D eigenvalue weighted by molar-refractivity contribution is 0.618. The third kappa shape index (κ3) is 43.4. The Labute approximate surface area is 799 Å². The number of benzene rings is 6. The van der Waals surface area contributed by atoms with Gasteiger partial charge >= 0.3 is 0 Å². The van der Waals surface area contributed by atoms with E-state index in [0.29, 0.717) is 0 Å². The van der Waals surface area contributed by atoms with Gasteiger partial charge in [0.05, 0.1) is 48.4 Å². The molecule has 0 spiro atoms. The highest BCUT2D eigenvalue weighted by atomic mass is 28.4. The van der Waals surface area contributed by atoms with Crippen molar-refractivity contribution >= 4 is 175 Å². The van der Waals surface area contributed by atoms with Gasteiger partial charge in [0.2, 0.25) is 0 Å². The molecule has 0 bridgehead atoms. The highest BCUT2D eigenvalue weighted by Gasteiger charge is 2.41. The predicted octanol–water partition coefficient (Wildman–Crippen LogP) is 30.3. The predicted molar refractivity (Wildman–Crippen MR) is 631 cm³/mol. The van der Waals surface area contributed by atoms with Crippen LogP contribution in [0, 0.1) is 0 Å². The second kappa shape index (κ2) is 51.5. The summed E-state index contributed by atoms with van der Waals surface area (Å²) in [5, 5.41) is 4.72. The van der Waals surface area contributed by atoms with Crippen LogP contribution in [0.1, 0.15) is 50.1 Å². The van der Waals surface area contributed by atoms with E-state index >= 15 is 0 Å². The standard InChI is InChI=1S/C19H37NSi3.2C18H35NSi3.2C17H31NSi2.C16H29NSi2/c1-10-18-13-11-12-14-19(18)17-22(6,7)15-16-23(8,9)20(2)21(3,4)5;1-10-17-12-11-13-18(16-17)21(6,7)14-15-22(8,9)19(2)20(3,4)5;1-10-17-13-11-12-14-18(17)21(6,7)15-16-22(8,9)19(2)20(3,4)5;1-8-16-9-11-17(12-10-16)15-19(4,5)13-14-20(6,7)18(2)3;1-8-16-10-9-11-17(14-16)15-19(4,5)12-13-20(6,7)18(2)3;1-8-15-9-11-16(12-10-15)18(4,5)13-14-19(6,7)17(2)3/h10-14H,1,15-17H2,2-9H3;10-13,16H,1,14-15H2,2-9H3;10-14H,1,15-16H2,2-9H3;8-12H,1,13-15H2,2-7H3;8-11,14H,1,12-13,15H2,2-7H3;8-12H,1,13-14H2,2-7H3. The van der Waals surface area contributed by atoms with Crippen molar-refractivity contribution in [3.63, 3.8) is 0 Å². The summed E-state index contributed by atoms with van der Waals surface area (Å²) in [5.74, 6) is 0. The minimum absolute atomic E-state index is 1.15. The summed E-state index contributed by atoms with van der Waals surface area (Å²) in [6.07, 6.45) is 11.8. The van der Waals surface area contributed by atoms with Crippen LogP contribution in [0.5, 0.6) is 0 Å². The van der Waals surface area contributed by atoms with E-state index in [1.807, 2.05) is 36.5 Å². The van der Waals surface area contributed by atoms with E-state index < -0.39 is 123 Å². The van der Waals surface area contributed by atoms with Gasteiger partial charge in [-0.15, -0.1) is 0 Å². The molecule has 0 radical (unpaired) electrons. The molecule has 0 fully saturated rings. The second-order valence-corrected chi connectivity index (χ2v) is 125. The van der Waals surface area contributed by atoms with Gasteiger partial charge in [0.15, 0.2) is 0 Å². The van der Waals surface area contributed by atoms with E-state index in [-0.39, 0.29) is 0 Å². The Morgan fingerprint density at radius 2 is 0.532 bits per heavy atom. The Hall–Kier alpha value is -3.23. The van der Waals surface area contributed by atoms with Crippen LogP contribution in [-0.2, 0) is 18.1 Å². The fourth-order valence-electron chi connectivity index (χ4n) is 15.9. The highest BCUT2D eigenvalue weighted by molar-refractivity contribution is 6.96. The highest BCUT2D eigenvalue weighted by Crippen LogP contribution is 2.34. The van der Waals surface area contributed by atoms with Crippen molar-refractivity contribution in [2.75, 3.05) is 63.4 Å². The number of hydrogen-bond acceptors (Lipinski definition) is 6. The van der Waals surface area contributed by atoms with Crippen molar-refractivity contribution < 1.29 is 0 Å². The summed E-state index contributed by atoms with van der Waals surface area (Å²) < 4.78 is 15.8. The van der Waals surface area contributed by atoms with E-state index in [9.17, 15) is 0 Å². The molecule has 0 aliphatic heterocycles. The molecule has 0 N–H and O–H groups in total. The molecule has 6 rings (SSSR count). The first-order chi connectivity index (χ1) is 57.2. The molecule has 6 nitrogen and oxygen atoms in total. The van der Waals surface area contributed by atoms with Crippen LogP contribution in [0.15, 0.2) is 185 Å². The molecular formula is C105H198N6Si15. The summed E-state index contributed by atoms with van der Waals surface area (Å²) in [5.41, 5.74) is 12.1. The lowest BCUT2D eigenvalue weighted by atomic mass is 10.1. The quantitative estimate of drug-likeness (QED) is 0.0353. The zero-order valence-electron chi connectivity index (χ0n) is 90.4. The van der Waals surface area contributed by atoms with Crippen LogP contribution in [-0.4, -0.2) is 212 Å². The normalized spacial score (nSPS) is 13.1. The Kier molecular flexibility index (Phi) is 49.3. The van der Waals surface area contributed by atoms with Crippen molar-refractivity contribution in [3.8, 4) is 0 Å². The fraction of sp³-hybridized carbons (Fsp3) is 0.543. The van der Waals surface area contributed by atoms with Gasteiger partial charge in [-0.2, -0.15) is 0 Å². The smallest absolute Gasteiger partial charge is 0.121 e. The van der Waals surface area contributed by atoms with E-state index in [2.05, 4.69) is 491 Å². The summed E-state index contributed by atoms with van der Waals surface area (Å²) in [4.78, 5) is 0. The van der Waals surface area contributed by atoms with Gasteiger partial charge in [-0.25, -0.2) is 0 Å². The second-order valence-electron chi connectivity index (χ2n) is 48.7. The van der Waals surface area contributed by atoms with E-state index in [0.717, 1.165) is 0 Å². The van der Waals surface area contributed by atoms with E-state index in [1.165, 1.54) is 141 Å². The Bertz CT molecular complexity index is 4260. The number of nitrogens with zero attached hydrogens (tertiary/aromatic N) is 6. The molecule has 0 aliphatic carbocycles. The maximum Gasteiger partial charge on any atom is 0.121 e. The minimum atomic E-state index is -1.41. The average molecular weight is 1970 g/mol. The molecule has 21 heteroatoms. The molecule has 0 saturated carbocycles. The maximum atomic E-state index is 4.00. The van der Waals surface area contributed by atoms with Gasteiger partial charge in [0.1, 0.15) is 74.1 Å². The molecule has 6 aromatic rings. The van der Waals surface area contributed by atoms with Crippen LogP contribution in [0.2, 0.25) is 289 Å². The molecule has 0 aromatic heterocycles. The molecule has 708 valence electrons. The first-order valence-corrected chi connectivity index (χ1v) is 96.9. The Morgan fingerprint density at radius 3 is 0.905 bits per heavy atom. The van der Waals surface area contributed by atoms with Gasteiger partial charge < -0.3 is 26.4 Å². The SMILES string of the molecule is C=Cc1ccc(C[Si](C)(C)CC[Si](C)(C)N(C)C)cc1.C=Cc1ccc([Si](C)(C)CC[Si](C)(C)N(C)C)cc1.C=Cc1cccc(C[Si](C)(C)CC[Si](C)(C)N(C)C)c1.C=Cc1cccc([Si](C)(C)CC[Si](C)(C)N(C)[Si](C)(C)C)c1.C=Cc1ccccc1C[Si](C)(C)CC[Si](C)(C)N(C)[Si](C)(C)C.C=Cc1ccccc1[Si](C)(C)CC[Si](C)(C)N(C)[Si](C)(C)C. The Balaban J connectivity index is 0.000000757. The third-order valence-electron chi connectivity index (χ3n) is 29.2. The number of rotatable bonds is 42. The van der Waals surface area contributed by atoms with E-state index in [1.54, 1.807) is 15.6 Å². The van der Waals surface area contributed by atoms with Crippen LogP contribution < -0.4 is 15.6 Å². The topological polar surface area (TPSA) is 19.4 Å². The summed E-state index contributed by atoms with van der Waals surface area (Å²) in [7, 11) is 2.00. The monoisotopic (exact) mass is 1960 g/mol. The zero-order chi connectivity index (χ0) is 97.7. The van der Waals surface area contributed by atoms with Crippen molar-refractivity contribution in [1.29, 1.82) is 0 Å². The maximum absolute atomic E-state index is 4.00. The van der Waals surface area contributed by atoms with Crippen molar-refractivity contribution in [1.82, 2.24) is 26.4 Å². The van der Waals surface area contributed by atoms with Crippen LogP contribution >= 0.6 is 0 Å².